The molecule has 0 N–H and O–H groups in total. The van der Waals surface area contributed by atoms with E-state index in [0.717, 1.165) is 23.3 Å². The Kier molecular flexibility index (Phi) is 3.39. The molecule has 0 unspecified atom stereocenters. The summed E-state index contributed by atoms with van der Waals surface area (Å²) in [6, 6.07) is 6.99. The summed E-state index contributed by atoms with van der Waals surface area (Å²) < 4.78 is 30.4. The summed E-state index contributed by atoms with van der Waals surface area (Å²) in [5.74, 6) is 2.45. The van der Waals surface area contributed by atoms with E-state index in [4.69, 9.17) is 4.18 Å². The maximum Gasteiger partial charge on any atom is 0.297 e. The molecule has 0 amide bonds. The van der Waals surface area contributed by atoms with Gasteiger partial charge in [0.25, 0.3) is 10.1 Å². The van der Waals surface area contributed by atoms with E-state index < -0.39 is 10.1 Å². The Morgan fingerprint density at radius 3 is 2.23 bits per heavy atom. The Morgan fingerprint density at radius 1 is 1.09 bits per heavy atom. The predicted octanol–water partition coefficient (Wildman–Crippen LogP) is 3.92. The Bertz CT molecular complexity index is 642. The summed E-state index contributed by atoms with van der Waals surface area (Å²) >= 11 is 0. The van der Waals surface area contributed by atoms with Crippen LogP contribution in [0, 0.1) is 30.1 Å². The zero-order valence-corrected chi connectivity index (χ0v) is 13.9. The molecule has 0 aliphatic heterocycles. The number of hydrogen-bond acceptors (Lipinski definition) is 3. The molecule has 0 heterocycles. The van der Waals surface area contributed by atoms with E-state index in [-0.39, 0.29) is 10.3 Å². The van der Waals surface area contributed by atoms with E-state index >= 15 is 0 Å². The van der Waals surface area contributed by atoms with E-state index in [2.05, 4.69) is 0 Å². The molecular formula is C18H24O3S. The fourth-order valence-electron chi connectivity index (χ4n) is 5.51. The number of benzene rings is 1. The molecule has 4 heteroatoms. The molecule has 4 bridgehead atoms. The maximum atomic E-state index is 12.5. The average molecular weight is 320 g/mol. The van der Waals surface area contributed by atoms with Gasteiger partial charge in [0, 0.05) is 0 Å². The van der Waals surface area contributed by atoms with Crippen LogP contribution in [0.25, 0.3) is 0 Å². The van der Waals surface area contributed by atoms with Crippen LogP contribution >= 0.6 is 0 Å². The van der Waals surface area contributed by atoms with Crippen LogP contribution in [0.1, 0.15) is 44.1 Å². The summed E-state index contributed by atoms with van der Waals surface area (Å²) in [6.07, 6.45) is 7.60. The summed E-state index contributed by atoms with van der Waals surface area (Å²) in [7, 11) is -3.63. The van der Waals surface area contributed by atoms with Crippen molar-refractivity contribution in [3.63, 3.8) is 0 Å². The minimum Gasteiger partial charge on any atom is -0.266 e. The SMILES string of the molecule is Cc1cccc(S(=O)(=O)OCC23CC4CC(CC(C4)C2)C3)c1. The Labute approximate surface area is 133 Å². The molecule has 1 aromatic carbocycles. The van der Waals surface area contributed by atoms with Gasteiger partial charge in [-0.15, -0.1) is 0 Å². The molecule has 22 heavy (non-hydrogen) atoms. The standard InChI is InChI=1S/C18H24O3S/c1-13-3-2-4-17(5-13)22(19,20)21-12-18-9-14-6-15(10-18)8-16(7-14)11-18/h2-5,14-16H,6-12H2,1H3. The highest BCUT2D eigenvalue weighted by Gasteiger charge is 2.51. The van der Waals surface area contributed by atoms with Gasteiger partial charge in [0.05, 0.1) is 11.5 Å². The first-order valence-corrected chi connectivity index (χ1v) is 9.81. The van der Waals surface area contributed by atoms with Crippen LogP contribution in [0.2, 0.25) is 0 Å². The minimum atomic E-state index is -3.63. The molecule has 1 aromatic rings. The summed E-state index contributed by atoms with van der Waals surface area (Å²) in [4.78, 5) is 0.289. The van der Waals surface area contributed by atoms with Gasteiger partial charge in [-0.25, -0.2) is 0 Å². The fraction of sp³-hybridized carbons (Fsp3) is 0.667. The quantitative estimate of drug-likeness (QED) is 0.790. The van der Waals surface area contributed by atoms with Crippen molar-refractivity contribution in [2.75, 3.05) is 6.61 Å². The molecule has 0 spiro atoms. The van der Waals surface area contributed by atoms with Gasteiger partial charge in [-0.2, -0.15) is 8.42 Å². The van der Waals surface area contributed by atoms with E-state index in [1.165, 1.54) is 38.5 Å². The van der Waals surface area contributed by atoms with Gasteiger partial charge in [0.2, 0.25) is 0 Å². The van der Waals surface area contributed by atoms with Gasteiger partial charge in [0.1, 0.15) is 0 Å². The molecule has 5 rings (SSSR count). The molecule has 4 saturated carbocycles. The first-order valence-electron chi connectivity index (χ1n) is 8.40. The molecule has 4 aliphatic rings. The average Bonchev–Trinajstić information content (AvgIpc) is 2.44. The lowest BCUT2D eigenvalue weighted by atomic mass is 9.50. The van der Waals surface area contributed by atoms with Crippen LogP contribution in [0.15, 0.2) is 29.2 Å². The zero-order valence-electron chi connectivity index (χ0n) is 13.1. The smallest absolute Gasteiger partial charge is 0.266 e. The van der Waals surface area contributed by atoms with E-state index in [0.29, 0.717) is 6.61 Å². The van der Waals surface area contributed by atoms with Gasteiger partial charge in [-0.3, -0.25) is 4.18 Å². The van der Waals surface area contributed by atoms with Gasteiger partial charge in [0.15, 0.2) is 0 Å². The third-order valence-electron chi connectivity index (χ3n) is 5.96. The van der Waals surface area contributed by atoms with Crippen LogP contribution < -0.4 is 0 Å². The summed E-state index contributed by atoms with van der Waals surface area (Å²) in [5.41, 5.74) is 1.07. The summed E-state index contributed by atoms with van der Waals surface area (Å²) in [5, 5.41) is 0. The number of aryl methyl sites for hydroxylation is 1. The molecule has 0 saturated heterocycles. The largest absolute Gasteiger partial charge is 0.297 e. The highest BCUT2D eigenvalue weighted by molar-refractivity contribution is 7.86. The molecule has 0 aromatic heterocycles. The third-order valence-corrected chi connectivity index (χ3v) is 7.22. The first kappa shape index (κ1) is 14.7. The van der Waals surface area contributed by atoms with Gasteiger partial charge < -0.3 is 0 Å². The second-order valence-electron chi connectivity index (χ2n) is 7.95. The Morgan fingerprint density at radius 2 is 1.68 bits per heavy atom. The molecule has 4 aliphatic carbocycles. The van der Waals surface area contributed by atoms with Crippen molar-refractivity contribution in [2.24, 2.45) is 23.2 Å². The molecule has 4 fully saturated rings. The van der Waals surface area contributed by atoms with Crippen LogP contribution in [-0.2, 0) is 14.3 Å². The van der Waals surface area contributed by atoms with E-state index in [1.54, 1.807) is 18.2 Å². The lowest BCUT2D eigenvalue weighted by Gasteiger charge is -2.56. The highest BCUT2D eigenvalue weighted by Crippen LogP contribution is 2.60. The lowest BCUT2D eigenvalue weighted by Crippen LogP contribution is -2.48. The molecule has 0 atom stereocenters. The minimum absolute atomic E-state index is 0.131. The van der Waals surface area contributed by atoms with Gasteiger partial charge in [-0.05, 0) is 86.3 Å². The number of rotatable bonds is 4. The van der Waals surface area contributed by atoms with Crippen molar-refractivity contribution in [3.05, 3.63) is 29.8 Å². The highest BCUT2D eigenvalue weighted by atomic mass is 32.2. The van der Waals surface area contributed by atoms with Crippen molar-refractivity contribution in [1.82, 2.24) is 0 Å². The van der Waals surface area contributed by atoms with Crippen LogP contribution in [0.4, 0.5) is 0 Å². The second kappa shape index (κ2) is 5.07. The topological polar surface area (TPSA) is 43.4 Å². The van der Waals surface area contributed by atoms with Crippen LogP contribution in [0.5, 0.6) is 0 Å². The maximum absolute atomic E-state index is 12.5. The fourth-order valence-corrected chi connectivity index (χ4v) is 6.62. The Balaban J connectivity index is 1.50. The predicted molar refractivity (Wildman–Crippen MR) is 84.9 cm³/mol. The number of hydrogen-bond donors (Lipinski definition) is 0. The van der Waals surface area contributed by atoms with E-state index in [9.17, 15) is 8.42 Å². The van der Waals surface area contributed by atoms with Crippen molar-refractivity contribution >= 4 is 10.1 Å². The second-order valence-corrected chi connectivity index (χ2v) is 9.57. The Hall–Kier alpha value is -0.870. The normalized spacial score (nSPS) is 36.7. The van der Waals surface area contributed by atoms with Crippen molar-refractivity contribution < 1.29 is 12.6 Å². The van der Waals surface area contributed by atoms with Crippen molar-refractivity contribution in [1.29, 1.82) is 0 Å². The zero-order chi connectivity index (χ0) is 15.4. The molecular weight excluding hydrogens is 296 g/mol. The first-order chi connectivity index (χ1) is 10.4. The van der Waals surface area contributed by atoms with Gasteiger partial charge in [-0.1, -0.05) is 12.1 Å². The molecule has 3 nitrogen and oxygen atoms in total. The monoisotopic (exact) mass is 320 g/mol. The van der Waals surface area contributed by atoms with Crippen LogP contribution in [-0.4, -0.2) is 15.0 Å². The molecule has 0 radical (unpaired) electrons. The summed E-state index contributed by atoms with van der Waals surface area (Å²) in [6.45, 7) is 2.28. The van der Waals surface area contributed by atoms with Crippen molar-refractivity contribution in [2.45, 2.75) is 50.3 Å². The van der Waals surface area contributed by atoms with E-state index in [1.807, 2.05) is 13.0 Å². The van der Waals surface area contributed by atoms with Crippen LogP contribution in [0.3, 0.4) is 0 Å². The lowest BCUT2D eigenvalue weighted by molar-refractivity contribution is -0.0735. The third kappa shape index (κ3) is 2.61. The van der Waals surface area contributed by atoms with Crippen molar-refractivity contribution in [3.8, 4) is 0 Å². The van der Waals surface area contributed by atoms with Gasteiger partial charge >= 0.3 is 0 Å². The molecule has 120 valence electrons.